The second-order valence-corrected chi connectivity index (χ2v) is 6.55. The molecule has 100 valence electrons. The van der Waals surface area contributed by atoms with E-state index in [1.165, 1.54) is 4.90 Å². The molecule has 17 heavy (non-hydrogen) atoms. The smallest absolute Gasteiger partial charge is 0.239 e. The van der Waals surface area contributed by atoms with Gasteiger partial charge in [-0.1, -0.05) is 0 Å². The van der Waals surface area contributed by atoms with E-state index in [4.69, 9.17) is 5.11 Å². The molecule has 7 heteroatoms. The zero-order chi connectivity index (χ0) is 13.1. The van der Waals surface area contributed by atoms with Gasteiger partial charge in [-0.25, -0.2) is 8.42 Å². The first kappa shape index (κ1) is 14.4. The van der Waals surface area contributed by atoms with E-state index in [2.05, 4.69) is 5.32 Å². The molecule has 2 N–H and O–H groups in total. The highest BCUT2D eigenvalue weighted by Gasteiger charge is 2.35. The van der Waals surface area contributed by atoms with Crippen LogP contribution in [0, 0.1) is 0 Å². The van der Waals surface area contributed by atoms with E-state index in [9.17, 15) is 13.2 Å². The Bertz CT molecular complexity index is 369. The fourth-order valence-corrected chi connectivity index (χ4v) is 3.70. The van der Waals surface area contributed by atoms with Crippen LogP contribution >= 0.6 is 0 Å². The molecular weight excluding hydrogens is 244 g/mol. The van der Waals surface area contributed by atoms with Crippen molar-refractivity contribution in [3.63, 3.8) is 0 Å². The zero-order valence-corrected chi connectivity index (χ0v) is 11.0. The second kappa shape index (κ2) is 5.79. The zero-order valence-electron chi connectivity index (χ0n) is 10.2. The maximum absolute atomic E-state index is 12.0. The van der Waals surface area contributed by atoms with Crippen LogP contribution < -0.4 is 5.32 Å². The lowest BCUT2D eigenvalue weighted by molar-refractivity contribution is -0.135. The third kappa shape index (κ3) is 3.65. The number of sulfone groups is 1. The summed E-state index contributed by atoms with van der Waals surface area (Å²) in [6.45, 7) is 1.75. The SMILES string of the molecule is CNC(C)C(=O)N(CCO)C1CCS(=O)(=O)C1. The second-order valence-electron chi connectivity index (χ2n) is 4.32. The summed E-state index contributed by atoms with van der Waals surface area (Å²) in [5.41, 5.74) is 0. The number of amides is 1. The summed E-state index contributed by atoms with van der Waals surface area (Å²) in [7, 11) is -1.35. The van der Waals surface area contributed by atoms with E-state index in [1.807, 2.05) is 0 Å². The van der Waals surface area contributed by atoms with Crippen molar-refractivity contribution in [3.05, 3.63) is 0 Å². The Labute approximate surface area is 102 Å². The van der Waals surface area contributed by atoms with E-state index >= 15 is 0 Å². The number of hydrogen-bond donors (Lipinski definition) is 2. The van der Waals surface area contributed by atoms with E-state index in [-0.39, 0.29) is 42.6 Å². The highest BCUT2D eigenvalue weighted by atomic mass is 32.2. The predicted octanol–water partition coefficient (Wildman–Crippen LogP) is -1.40. The third-order valence-electron chi connectivity index (χ3n) is 3.08. The standard InChI is InChI=1S/C10H20N2O4S/c1-8(11-2)10(14)12(4-5-13)9-3-6-17(15,16)7-9/h8-9,11,13H,3-7H2,1-2H3. The number of aliphatic hydroxyl groups excluding tert-OH is 1. The molecule has 0 spiro atoms. The van der Waals surface area contributed by atoms with Gasteiger partial charge in [0.15, 0.2) is 9.84 Å². The van der Waals surface area contributed by atoms with Crippen molar-refractivity contribution in [2.24, 2.45) is 0 Å². The van der Waals surface area contributed by atoms with Gasteiger partial charge < -0.3 is 15.3 Å². The first-order valence-corrected chi connectivity index (χ1v) is 7.52. The van der Waals surface area contributed by atoms with Crippen molar-refractivity contribution in [1.29, 1.82) is 0 Å². The van der Waals surface area contributed by atoms with Crippen LogP contribution in [-0.4, -0.2) is 68.1 Å². The lowest BCUT2D eigenvalue weighted by Crippen LogP contribution is -2.50. The van der Waals surface area contributed by atoms with Gasteiger partial charge in [-0.2, -0.15) is 0 Å². The van der Waals surface area contributed by atoms with E-state index in [0.717, 1.165) is 0 Å². The van der Waals surface area contributed by atoms with Crippen LogP contribution in [0.2, 0.25) is 0 Å². The Kier molecular flexibility index (Phi) is 4.91. The molecule has 2 atom stereocenters. The number of rotatable bonds is 5. The maximum atomic E-state index is 12.0. The topological polar surface area (TPSA) is 86.7 Å². The van der Waals surface area contributed by atoms with Crippen molar-refractivity contribution in [1.82, 2.24) is 10.2 Å². The summed E-state index contributed by atoms with van der Waals surface area (Å²) in [6.07, 6.45) is 0.463. The van der Waals surface area contributed by atoms with Crippen LogP contribution in [0.5, 0.6) is 0 Å². The fraction of sp³-hybridized carbons (Fsp3) is 0.900. The number of likely N-dealkylation sites (N-methyl/N-ethyl adjacent to an activating group) is 1. The normalized spacial score (nSPS) is 24.5. The van der Waals surface area contributed by atoms with Crippen molar-refractivity contribution in [2.45, 2.75) is 25.4 Å². The number of hydrogen-bond acceptors (Lipinski definition) is 5. The lowest BCUT2D eigenvalue weighted by Gasteiger charge is -2.30. The third-order valence-corrected chi connectivity index (χ3v) is 4.83. The molecule has 1 rings (SSSR count). The average molecular weight is 264 g/mol. The Morgan fingerprint density at radius 3 is 2.65 bits per heavy atom. The van der Waals surface area contributed by atoms with Gasteiger partial charge in [-0.05, 0) is 20.4 Å². The molecule has 1 fully saturated rings. The molecule has 1 saturated heterocycles. The molecular formula is C10H20N2O4S. The number of nitrogens with zero attached hydrogens (tertiary/aromatic N) is 1. The first-order chi connectivity index (χ1) is 7.91. The largest absolute Gasteiger partial charge is 0.395 e. The summed E-state index contributed by atoms with van der Waals surface area (Å²) in [4.78, 5) is 13.5. The monoisotopic (exact) mass is 264 g/mol. The minimum atomic E-state index is -3.02. The number of nitrogens with one attached hydrogen (secondary N) is 1. The van der Waals surface area contributed by atoms with E-state index < -0.39 is 9.84 Å². The predicted molar refractivity (Wildman–Crippen MR) is 64.4 cm³/mol. The molecule has 0 bridgehead atoms. The average Bonchev–Trinajstić information content (AvgIpc) is 2.64. The molecule has 6 nitrogen and oxygen atoms in total. The Hall–Kier alpha value is -0.660. The van der Waals surface area contributed by atoms with Crippen molar-refractivity contribution < 1.29 is 18.3 Å². The quantitative estimate of drug-likeness (QED) is 0.638. The molecule has 0 radical (unpaired) electrons. The van der Waals surface area contributed by atoms with Crippen LogP contribution in [0.3, 0.4) is 0 Å². The van der Waals surface area contributed by atoms with Gasteiger partial charge in [-0.3, -0.25) is 4.79 Å². The molecule has 1 aliphatic rings. The Morgan fingerprint density at radius 2 is 2.24 bits per heavy atom. The molecule has 2 unspecified atom stereocenters. The van der Waals surface area contributed by atoms with E-state index in [1.54, 1.807) is 14.0 Å². The van der Waals surface area contributed by atoms with Gasteiger partial charge >= 0.3 is 0 Å². The molecule has 1 aliphatic heterocycles. The number of carbonyl (C=O) groups is 1. The van der Waals surface area contributed by atoms with Gasteiger partial charge in [-0.15, -0.1) is 0 Å². The Balaban J connectivity index is 2.76. The molecule has 0 aliphatic carbocycles. The van der Waals surface area contributed by atoms with Gasteiger partial charge in [0, 0.05) is 12.6 Å². The van der Waals surface area contributed by atoms with Crippen LogP contribution in [0.1, 0.15) is 13.3 Å². The maximum Gasteiger partial charge on any atom is 0.239 e. The minimum Gasteiger partial charge on any atom is -0.395 e. The Morgan fingerprint density at radius 1 is 1.59 bits per heavy atom. The van der Waals surface area contributed by atoms with Crippen molar-refractivity contribution >= 4 is 15.7 Å². The summed E-state index contributed by atoms with van der Waals surface area (Å²) in [5, 5.41) is 11.8. The molecule has 0 aromatic heterocycles. The molecule has 0 aromatic rings. The highest BCUT2D eigenvalue weighted by molar-refractivity contribution is 7.91. The molecule has 0 saturated carbocycles. The lowest BCUT2D eigenvalue weighted by atomic mass is 10.2. The van der Waals surface area contributed by atoms with Crippen LogP contribution in [0.15, 0.2) is 0 Å². The highest BCUT2D eigenvalue weighted by Crippen LogP contribution is 2.18. The van der Waals surface area contributed by atoms with Crippen LogP contribution in [0.4, 0.5) is 0 Å². The van der Waals surface area contributed by atoms with Crippen LogP contribution in [0.25, 0.3) is 0 Å². The van der Waals surface area contributed by atoms with Crippen LogP contribution in [-0.2, 0) is 14.6 Å². The molecule has 1 heterocycles. The van der Waals surface area contributed by atoms with Gasteiger partial charge in [0.1, 0.15) is 0 Å². The molecule has 0 aromatic carbocycles. The fourth-order valence-electron chi connectivity index (χ4n) is 1.97. The van der Waals surface area contributed by atoms with Gasteiger partial charge in [0.05, 0.1) is 24.2 Å². The van der Waals surface area contributed by atoms with Gasteiger partial charge in [0.2, 0.25) is 5.91 Å². The first-order valence-electron chi connectivity index (χ1n) is 5.70. The van der Waals surface area contributed by atoms with Crippen molar-refractivity contribution in [2.75, 3.05) is 31.7 Å². The summed E-state index contributed by atoms with van der Waals surface area (Å²) in [5.74, 6) is -0.0284. The number of carbonyl (C=O) groups excluding carboxylic acids is 1. The van der Waals surface area contributed by atoms with E-state index in [0.29, 0.717) is 6.42 Å². The minimum absolute atomic E-state index is 0.00910. The van der Waals surface area contributed by atoms with Gasteiger partial charge in [0.25, 0.3) is 0 Å². The summed E-state index contributed by atoms with van der Waals surface area (Å²) < 4.78 is 22.8. The summed E-state index contributed by atoms with van der Waals surface area (Å²) in [6, 6.07) is -0.666. The molecule has 1 amide bonds. The van der Waals surface area contributed by atoms with Crippen molar-refractivity contribution in [3.8, 4) is 0 Å². The number of aliphatic hydroxyl groups is 1. The summed E-state index contributed by atoms with van der Waals surface area (Å²) >= 11 is 0.